The molecular weight excluding hydrogens is 543 g/mol. The van der Waals surface area contributed by atoms with Gasteiger partial charge in [0.1, 0.15) is 6.07 Å². The van der Waals surface area contributed by atoms with Crippen LogP contribution in [0.3, 0.4) is 0 Å². The second-order valence-electron chi connectivity index (χ2n) is 10.9. The number of piperazine rings is 1. The Morgan fingerprint density at radius 2 is 1.64 bits per heavy atom. The standard InChI is InChI=1S/C31H34F3N7O/c1-40-12-14-41(15-13-40)20-23-6-9-27(17-28(23)31(32,33)34)37-11-10-36-26-7-4-21(5-8-26)25-16-24(18-35)29(38-19-25)39-30(42)22-2-3-22/h4-9,16-17,19,22,36-37H,2-3,10-15,20H2,1H3,(H,38,39,42). The molecule has 220 valence electrons. The average Bonchev–Trinajstić information content (AvgIpc) is 3.83. The van der Waals surface area contributed by atoms with Crippen LogP contribution in [0.4, 0.5) is 30.4 Å². The van der Waals surface area contributed by atoms with Gasteiger partial charge >= 0.3 is 6.18 Å². The van der Waals surface area contributed by atoms with Gasteiger partial charge in [-0.1, -0.05) is 18.2 Å². The van der Waals surface area contributed by atoms with Gasteiger partial charge in [-0.05, 0) is 61.3 Å². The van der Waals surface area contributed by atoms with Gasteiger partial charge in [0.2, 0.25) is 5.91 Å². The topological polar surface area (TPSA) is 96.3 Å². The van der Waals surface area contributed by atoms with Crippen LogP contribution in [0.25, 0.3) is 11.1 Å². The molecule has 1 saturated heterocycles. The molecule has 1 saturated carbocycles. The molecule has 0 atom stereocenters. The van der Waals surface area contributed by atoms with Crippen LogP contribution in [0.15, 0.2) is 54.7 Å². The van der Waals surface area contributed by atoms with Crippen molar-refractivity contribution in [3.8, 4) is 17.2 Å². The number of alkyl halides is 3. The first-order valence-electron chi connectivity index (χ1n) is 14.1. The maximum atomic E-state index is 13.8. The van der Waals surface area contributed by atoms with Crippen molar-refractivity contribution >= 4 is 23.1 Å². The lowest BCUT2D eigenvalue weighted by atomic mass is 10.0. The smallest absolute Gasteiger partial charge is 0.383 e. The minimum atomic E-state index is -4.42. The summed E-state index contributed by atoms with van der Waals surface area (Å²) < 4.78 is 41.5. The lowest BCUT2D eigenvalue weighted by molar-refractivity contribution is -0.138. The van der Waals surface area contributed by atoms with Crippen LogP contribution in [0.2, 0.25) is 0 Å². The van der Waals surface area contributed by atoms with E-state index in [1.54, 1.807) is 24.4 Å². The van der Waals surface area contributed by atoms with Crippen LogP contribution in [-0.4, -0.2) is 67.0 Å². The van der Waals surface area contributed by atoms with E-state index >= 15 is 0 Å². The molecule has 0 spiro atoms. The summed E-state index contributed by atoms with van der Waals surface area (Å²) in [4.78, 5) is 20.6. The fourth-order valence-electron chi connectivity index (χ4n) is 4.90. The molecule has 8 nitrogen and oxygen atoms in total. The van der Waals surface area contributed by atoms with Gasteiger partial charge in [0, 0.05) is 74.9 Å². The molecule has 0 bridgehead atoms. The van der Waals surface area contributed by atoms with E-state index in [1.165, 1.54) is 6.07 Å². The van der Waals surface area contributed by atoms with Gasteiger partial charge in [0.05, 0.1) is 11.1 Å². The van der Waals surface area contributed by atoms with E-state index in [1.807, 2.05) is 31.3 Å². The Morgan fingerprint density at radius 3 is 2.29 bits per heavy atom. The van der Waals surface area contributed by atoms with Crippen molar-refractivity contribution in [2.45, 2.75) is 25.6 Å². The van der Waals surface area contributed by atoms with Crippen molar-refractivity contribution in [3.05, 3.63) is 71.4 Å². The summed E-state index contributed by atoms with van der Waals surface area (Å²) in [6, 6.07) is 15.9. The molecule has 1 amide bonds. The largest absolute Gasteiger partial charge is 0.416 e. The van der Waals surface area contributed by atoms with Crippen molar-refractivity contribution < 1.29 is 18.0 Å². The predicted octanol–water partition coefficient (Wildman–Crippen LogP) is 5.26. The summed E-state index contributed by atoms with van der Waals surface area (Å²) in [6.07, 6.45) is -1.06. The molecule has 3 N–H and O–H groups in total. The molecule has 2 aromatic carbocycles. The highest BCUT2D eigenvalue weighted by atomic mass is 19.4. The number of aromatic nitrogens is 1. The van der Waals surface area contributed by atoms with Gasteiger partial charge in [-0.3, -0.25) is 9.69 Å². The summed E-state index contributed by atoms with van der Waals surface area (Å²) in [5.74, 6) is 0.190. The summed E-state index contributed by atoms with van der Waals surface area (Å²) in [6.45, 7) is 4.43. The lowest BCUT2D eigenvalue weighted by Crippen LogP contribution is -2.44. The summed E-state index contributed by atoms with van der Waals surface area (Å²) in [5, 5.41) is 18.6. The molecule has 5 rings (SSSR count). The third-order valence-electron chi connectivity index (χ3n) is 7.60. The number of halogens is 3. The Balaban J connectivity index is 1.14. The summed E-state index contributed by atoms with van der Waals surface area (Å²) in [7, 11) is 2.02. The number of carbonyl (C=O) groups excluding carboxylic acids is 1. The first-order chi connectivity index (χ1) is 20.2. The van der Waals surface area contributed by atoms with Crippen LogP contribution in [-0.2, 0) is 17.5 Å². The Hall–Kier alpha value is -4.14. The molecule has 2 fully saturated rings. The van der Waals surface area contributed by atoms with Gasteiger partial charge in [0.15, 0.2) is 5.82 Å². The van der Waals surface area contributed by atoms with Crippen molar-refractivity contribution in [1.82, 2.24) is 14.8 Å². The summed E-state index contributed by atoms with van der Waals surface area (Å²) in [5.41, 5.74) is 2.89. The van der Waals surface area contributed by atoms with Gasteiger partial charge in [-0.25, -0.2) is 4.98 Å². The molecule has 1 aliphatic carbocycles. The third kappa shape index (κ3) is 7.57. The quantitative estimate of drug-likeness (QED) is 0.283. The Kier molecular flexibility index (Phi) is 8.94. The van der Waals surface area contributed by atoms with E-state index in [0.29, 0.717) is 29.9 Å². The van der Waals surface area contributed by atoms with Crippen molar-refractivity contribution in [3.63, 3.8) is 0 Å². The number of hydrogen-bond acceptors (Lipinski definition) is 7. The first-order valence-corrected chi connectivity index (χ1v) is 14.1. The third-order valence-corrected chi connectivity index (χ3v) is 7.60. The maximum absolute atomic E-state index is 13.8. The van der Waals surface area contributed by atoms with E-state index in [-0.39, 0.29) is 24.2 Å². The molecule has 1 aliphatic heterocycles. The highest BCUT2D eigenvalue weighted by Crippen LogP contribution is 2.35. The first kappa shape index (κ1) is 29.4. The molecule has 2 aliphatic rings. The van der Waals surface area contributed by atoms with Crippen molar-refractivity contribution in [2.24, 2.45) is 5.92 Å². The fraction of sp³-hybridized carbons (Fsp3) is 0.387. The second kappa shape index (κ2) is 12.8. The molecule has 0 radical (unpaired) electrons. The molecule has 0 unspecified atom stereocenters. The van der Waals surface area contributed by atoms with Crippen molar-refractivity contribution in [2.75, 3.05) is 62.3 Å². The molecule has 11 heteroatoms. The molecule has 42 heavy (non-hydrogen) atoms. The number of nitrogens with one attached hydrogen (secondary N) is 3. The monoisotopic (exact) mass is 577 g/mol. The zero-order chi connectivity index (χ0) is 29.7. The number of benzene rings is 2. The predicted molar refractivity (Wildman–Crippen MR) is 157 cm³/mol. The van der Waals surface area contributed by atoms with E-state index in [2.05, 4.69) is 36.8 Å². The SMILES string of the molecule is CN1CCN(Cc2ccc(NCCNc3ccc(-c4cnc(NC(=O)C5CC5)c(C#N)c4)cc3)cc2C(F)(F)F)CC1. The van der Waals surface area contributed by atoms with Crippen LogP contribution in [0.5, 0.6) is 0 Å². The number of pyridine rings is 1. The van der Waals surface area contributed by atoms with Crippen LogP contribution in [0.1, 0.15) is 29.5 Å². The zero-order valence-electron chi connectivity index (χ0n) is 23.5. The maximum Gasteiger partial charge on any atom is 0.416 e. The number of likely N-dealkylation sites (N-methyl/N-ethyl adjacent to an activating group) is 1. The zero-order valence-corrected chi connectivity index (χ0v) is 23.5. The second-order valence-corrected chi connectivity index (χ2v) is 10.9. The van der Waals surface area contributed by atoms with Crippen LogP contribution >= 0.6 is 0 Å². The molecule has 1 aromatic heterocycles. The molecule has 3 aromatic rings. The Bertz CT molecular complexity index is 1440. The minimum absolute atomic E-state index is 0.0170. The van der Waals surface area contributed by atoms with Gasteiger partial charge in [0.25, 0.3) is 0 Å². The highest BCUT2D eigenvalue weighted by molar-refractivity contribution is 5.94. The lowest BCUT2D eigenvalue weighted by Gasteiger charge is -2.33. The van der Waals surface area contributed by atoms with Crippen molar-refractivity contribution in [1.29, 1.82) is 5.26 Å². The van der Waals surface area contributed by atoms with Crippen LogP contribution in [0, 0.1) is 17.2 Å². The number of nitriles is 1. The Labute approximate surface area is 243 Å². The summed E-state index contributed by atoms with van der Waals surface area (Å²) >= 11 is 0. The molecular formula is C31H34F3N7O. The normalized spacial score (nSPS) is 16.1. The van der Waals surface area contributed by atoms with E-state index < -0.39 is 11.7 Å². The van der Waals surface area contributed by atoms with Crippen LogP contribution < -0.4 is 16.0 Å². The van der Waals surface area contributed by atoms with Gasteiger partial charge in [-0.2, -0.15) is 18.4 Å². The number of carbonyl (C=O) groups is 1. The van der Waals surface area contributed by atoms with E-state index in [4.69, 9.17) is 0 Å². The number of nitrogens with zero attached hydrogens (tertiary/aromatic N) is 4. The fourth-order valence-corrected chi connectivity index (χ4v) is 4.90. The van der Waals surface area contributed by atoms with Gasteiger partial charge in [-0.15, -0.1) is 0 Å². The van der Waals surface area contributed by atoms with E-state index in [0.717, 1.165) is 55.8 Å². The molecule has 2 heterocycles. The van der Waals surface area contributed by atoms with Gasteiger partial charge < -0.3 is 20.9 Å². The number of hydrogen-bond donors (Lipinski definition) is 3. The number of amides is 1. The number of anilines is 3. The number of rotatable bonds is 10. The van der Waals surface area contributed by atoms with E-state index in [9.17, 15) is 23.2 Å². The average molecular weight is 578 g/mol. The minimum Gasteiger partial charge on any atom is -0.383 e. The highest BCUT2D eigenvalue weighted by Gasteiger charge is 2.34. The Morgan fingerprint density at radius 1 is 0.976 bits per heavy atom.